The van der Waals surface area contributed by atoms with Gasteiger partial charge in [-0.05, 0) is 43.0 Å². The summed E-state index contributed by atoms with van der Waals surface area (Å²) in [5, 5.41) is 11.9. The number of halogens is 1. The maximum atomic E-state index is 10.3. The summed E-state index contributed by atoms with van der Waals surface area (Å²) in [5.74, 6) is 0.842. The molecule has 1 fully saturated rings. The van der Waals surface area contributed by atoms with Crippen LogP contribution in [0.25, 0.3) is 11.0 Å². The van der Waals surface area contributed by atoms with Gasteiger partial charge < -0.3 is 14.3 Å². The number of aliphatic hydroxyl groups excluding tert-OH is 1. The third-order valence-electron chi connectivity index (χ3n) is 3.50. The zero-order valence-corrected chi connectivity index (χ0v) is 10.7. The van der Waals surface area contributed by atoms with E-state index in [-0.39, 0.29) is 5.92 Å². The first-order chi connectivity index (χ1) is 8.74. The Bertz CT molecular complexity index is 543. The van der Waals surface area contributed by atoms with Crippen molar-refractivity contribution in [3.05, 3.63) is 35.0 Å². The molecule has 0 saturated carbocycles. The first kappa shape index (κ1) is 12.0. The quantitative estimate of drug-likeness (QED) is 0.904. The molecule has 3 nitrogen and oxygen atoms in total. The summed E-state index contributed by atoms with van der Waals surface area (Å²) < 4.78 is 11.0. The molecule has 1 unspecified atom stereocenters. The van der Waals surface area contributed by atoms with E-state index in [0.717, 1.165) is 23.8 Å². The molecular weight excluding hydrogens is 252 g/mol. The number of aliphatic hydroxyl groups is 1. The van der Waals surface area contributed by atoms with Crippen LogP contribution in [0.3, 0.4) is 0 Å². The molecule has 1 N–H and O–H groups in total. The van der Waals surface area contributed by atoms with E-state index in [2.05, 4.69) is 0 Å². The second kappa shape index (κ2) is 4.92. The average molecular weight is 267 g/mol. The van der Waals surface area contributed by atoms with Crippen LogP contribution < -0.4 is 0 Å². The predicted octanol–water partition coefficient (Wildman–Crippen LogP) is 3.55. The minimum Gasteiger partial charge on any atom is -0.458 e. The molecule has 1 saturated heterocycles. The van der Waals surface area contributed by atoms with Crippen molar-refractivity contribution < 1.29 is 14.3 Å². The van der Waals surface area contributed by atoms with Crippen molar-refractivity contribution in [3.8, 4) is 0 Å². The van der Waals surface area contributed by atoms with Gasteiger partial charge in [-0.15, -0.1) is 0 Å². The molecule has 1 atom stereocenters. The fourth-order valence-corrected chi connectivity index (χ4v) is 2.62. The summed E-state index contributed by atoms with van der Waals surface area (Å²) in [7, 11) is 0. The normalized spacial score (nSPS) is 19.2. The number of hydrogen-bond acceptors (Lipinski definition) is 3. The van der Waals surface area contributed by atoms with Crippen LogP contribution in [0.5, 0.6) is 0 Å². The largest absolute Gasteiger partial charge is 0.458 e. The van der Waals surface area contributed by atoms with Gasteiger partial charge in [0.1, 0.15) is 17.4 Å². The first-order valence-electron chi connectivity index (χ1n) is 6.19. The lowest BCUT2D eigenvalue weighted by molar-refractivity contribution is -0.000485. The Morgan fingerprint density at radius 1 is 1.22 bits per heavy atom. The van der Waals surface area contributed by atoms with E-state index >= 15 is 0 Å². The van der Waals surface area contributed by atoms with Gasteiger partial charge in [-0.25, -0.2) is 0 Å². The van der Waals surface area contributed by atoms with Gasteiger partial charge >= 0.3 is 0 Å². The third-order valence-corrected chi connectivity index (χ3v) is 3.74. The molecule has 96 valence electrons. The number of fused-ring (bicyclic) bond motifs is 1. The van der Waals surface area contributed by atoms with Gasteiger partial charge in [0.15, 0.2) is 0 Å². The second-order valence-electron chi connectivity index (χ2n) is 4.73. The molecule has 0 radical (unpaired) electrons. The molecule has 3 rings (SSSR count). The Morgan fingerprint density at radius 3 is 2.78 bits per heavy atom. The van der Waals surface area contributed by atoms with Crippen LogP contribution >= 0.6 is 11.6 Å². The van der Waals surface area contributed by atoms with E-state index in [1.54, 1.807) is 6.07 Å². The number of ether oxygens (including phenoxy) is 1. The first-order valence-corrected chi connectivity index (χ1v) is 6.56. The summed E-state index contributed by atoms with van der Waals surface area (Å²) in [6.07, 6.45) is 1.19. The van der Waals surface area contributed by atoms with Gasteiger partial charge in [-0.1, -0.05) is 11.6 Å². The van der Waals surface area contributed by atoms with Gasteiger partial charge in [0.05, 0.1) is 0 Å². The molecule has 2 aromatic rings. The van der Waals surface area contributed by atoms with Crippen molar-refractivity contribution >= 4 is 22.6 Å². The predicted molar refractivity (Wildman–Crippen MR) is 69.7 cm³/mol. The van der Waals surface area contributed by atoms with Gasteiger partial charge in [-0.3, -0.25) is 0 Å². The number of benzene rings is 1. The highest BCUT2D eigenvalue weighted by Crippen LogP contribution is 2.33. The summed E-state index contributed by atoms with van der Waals surface area (Å²) in [4.78, 5) is 0. The van der Waals surface area contributed by atoms with E-state index in [1.165, 1.54) is 0 Å². The van der Waals surface area contributed by atoms with Crippen LogP contribution in [0.1, 0.15) is 24.7 Å². The van der Waals surface area contributed by atoms with Crippen LogP contribution in [-0.4, -0.2) is 18.3 Å². The lowest BCUT2D eigenvalue weighted by Gasteiger charge is -2.25. The Balaban J connectivity index is 1.88. The molecular formula is C14H15ClO3. The monoisotopic (exact) mass is 266 g/mol. The fraction of sp³-hybridized carbons (Fsp3) is 0.429. The van der Waals surface area contributed by atoms with Crippen molar-refractivity contribution in [1.29, 1.82) is 0 Å². The number of rotatable bonds is 2. The van der Waals surface area contributed by atoms with Crippen molar-refractivity contribution in [2.45, 2.75) is 18.9 Å². The highest BCUT2D eigenvalue weighted by atomic mass is 35.5. The molecule has 18 heavy (non-hydrogen) atoms. The molecule has 1 aliphatic heterocycles. The molecule has 0 amide bonds. The Labute approximate surface area is 110 Å². The standard InChI is InChI=1S/C14H15ClO3/c15-11-1-2-12-10(7-11)8-13(18-12)14(16)9-3-5-17-6-4-9/h1-2,7-9,14,16H,3-6H2. The smallest absolute Gasteiger partial charge is 0.134 e. The molecule has 1 aromatic heterocycles. The fourth-order valence-electron chi connectivity index (χ4n) is 2.44. The van der Waals surface area contributed by atoms with Gasteiger partial charge in [0, 0.05) is 23.6 Å². The van der Waals surface area contributed by atoms with Crippen molar-refractivity contribution in [1.82, 2.24) is 0 Å². The van der Waals surface area contributed by atoms with Crippen LogP contribution in [0.2, 0.25) is 5.02 Å². The Morgan fingerprint density at radius 2 is 2.00 bits per heavy atom. The van der Waals surface area contributed by atoms with Crippen molar-refractivity contribution in [2.75, 3.05) is 13.2 Å². The minimum atomic E-state index is -0.555. The maximum absolute atomic E-state index is 10.3. The maximum Gasteiger partial charge on any atom is 0.134 e. The van der Waals surface area contributed by atoms with Crippen LogP contribution in [0.15, 0.2) is 28.7 Å². The van der Waals surface area contributed by atoms with E-state index < -0.39 is 6.10 Å². The van der Waals surface area contributed by atoms with Gasteiger partial charge in [-0.2, -0.15) is 0 Å². The number of hydrogen-bond donors (Lipinski definition) is 1. The van der Waals surface area contributed by atoms with E-state index in [0.29, 0.717) is 24.0 Å². The minimum absolute atomic E-state index is 0.217. The van der Waals surface area contributed by atoms with Gasteiger partial charge in [0.2, 0.25) is 0 Å². The summed E-state index contributed by atoms with van der Waals surface area (Å²) >= 11 is 5.94. The van der Waals surface area contributed by atoms with Crippen molar-refractivity contribution in [3.63, 3.8) is 0 Å². The zero-order chi connectivity index (χ0) is 12.5. The molecule has 1 aromatic carbocycles. The molecule has 0 aliphatic carbocycles. The number of furan rings is 1. The SMILES string of the molecule is OC(c1cc2cc(Cl)ccc2o1)C1CCOCC1. The van der Waals surface area contributed by atoms with E-state index in [9.17, 15) is 5.11 Å². The van der Waals surface area contributed by atoms with Crippen molar-refractivity contribution in [2.24, 2.45) is 5.92 Å². The lowest BCUT2D eigenvalue weighted by atomic mass is 9.92. The average Bonchev–Trinajstić information content (AvgIpc) is 2.81. The third kappa shape index (κ3) is 2.26. The molecule has 0 bridgehead atoms. The molecule has 0 spiro atoms. The Kier molecular flexibility index (Phi) is 3.29. The highest BCUT2D eigenvalue weighted by molar-refractivity contribution is 6.31. The van der Waals surface area contributed by atoms with Crippen LogP contribution in [0, 0.1) is 5.92 Å². The topological polar surface area (TPSA) is 42.6 Å². The van der Waals surface area contributed by atoms with Gasteiger partial charge in [0.25, 0.3) is 0 Å². The van der Waals surface area contributed by atoms with E-state index in [1.807, 2.05) is 18.2 Å². The summed E-state index contributed by atoms with van der Waals surface area (Å²) in [5.41, 5.74) is 0.764. The second-order valence-corrected chi connectivity index (χ2v) is 5.16. The summed E-state index contributed by atoms with van der Waals surface area (Å²) in [6.45, 7) is 1.43. The van der Waals surface area contributed by atoms with Crippen LogP contribution in [0.4, 0.5) is 0 Å². The van der Waals surface area contributed by atoms with Crippen LogP contribution in [-0.2, 0) is 4.74 Å². The lowest BCUT2D eigenvalue weighted by Crippen LogP contribution is -2.21. The molecule has 2 heterocycles. The zero-order valence-electron chi connectivity index (χ0n) is 9.93. The Hall–Kier alpha value is -1.03. The molecule has 4 heteroatoms. The molecule has 1 aliphatic rings. The summed E-state index contributed by atoms with van der Waals surface area (Å²) in [6, 6.07) is 7.35. The van der Waals surface area contributed by atoms with E-state index in [4.69, 9.17) is 20.8 Å². The highest BCUT2D eigenvalue weighted by Gasteiger charge is 2.26.